The highest BCUT2D eigenvalue weighted by Gasteiger charge is 2.39. The number of hydrogen-bond donors (Lipinski definition) is 3. The lowest BCUT2D eigenvalue weighted by atomic mass is 9.66. The number of rotatable bonds is 6. The molecule has 0 bridgehead atoms. The van der Waals surface area contributed by atoms with Crippen LogP contribution in [0, 0.1) is 11.3 Å². The summed E-state index contributed by atoms with van der Waals surface area (Å²) < 4.78 is 0. The number of urea groups is 1. The maximum Gasteiger partial charge on any atom is 0.317 e. The second-order valence-corrected chi connectivity index (χ2v) is 6.45. The summed E-state index contributed by atoms with van der Waals surface area (Å²) in [6.45, 7) is 1.09. The van der Waals surface area contributed by atoms with Crippen molar-refractivity contribution in [3.05, 3.63) is 0 Å². The molecule has 0 atom stereocenters. The summed E-state index contributed by atoms with van der Waals surface area (Å²) in [5.74, 6) is -0.409. The van der Waals surface area contributed by atoms with E-state index in [-0.39, 0.29) is 24.0 Å². The summed E-state index contributed by atoms with van der Waals surface area (Å²) in [5, 5.41) is 21.0. The van der Waals surface area contributed by atoms with Crippen LogP contribution in [0.1, 0.15) is 38.5 Å². The molecular formula is C14H24N2O4. The van der Waals surface area contributed by atoms with Gasteiger partial charge in [0.1, 0.15) is 0 Å². The first-order valence-electron chi connectivity index (χ1n) is 7.29. The molecule has 20 heavy (non-hydrogen) atoms. The highest BCUT2D eigenvalue weighted by atomic mass is 16.4. The van der Waals surface area contributed by atoms with Gasteiger partial charge in [-0.1, -0.05) is 6.42 Å². The smallest absolute Gasteiger partial charge is 0.317 e. The minimum absolute atomic E-state index is 0.131. The highest BCUT2D eigenvalue weighted by Crippen LogP contribution is 2.43. The third-order valence-corrected chi connectivity index (χ3v) is 4.64. The summed E-state index contributed by atoms with van der Waals surface area (Å²) in [6.07, 6.45) is 4.24. The minimum atomic E-state index is -0.796. The van der Waals surface area contributed by atoms with E-state index in [4.69, 9.17) is 5.11 Å². The summed E-state index contributed by atoms with van der Waals surface area (Å²) in [6, 6.07) is -0.150. The Morgan fingerprint density at radius 3 is 2.45 bits per heavy atom. The topological polar surface area (TPSA) is 89.9 Å². The SMILES string of the molecule is CN(CC1CC(O)C1)C(=O)NCC1(CC(=O)O)CCC1. The lowest BCUT2D eigenvalue weighted by Crippen LogP contribution is -2.48. The number of carboxylic acid groups (broad SMARTS) is 1. The van der Waals surface area contributed by atoms with Crippen LogP contribution < -0.4 is 5.32 Å². The van der Waals surface area contributed by atoms with Crippen LogP contribution in [0.5, 0.6) is 0 Å². The summed E-state index contributed by atoms with van der Waals surface area (Å²) in [4.78, 5) is 24.5. The zero-order chi connectivity index (χ0) is 14.8. The molecule has 3 N–H and O–H groups in total. The lowest BCUT2D eigenvalue weighted by Gasteiger charge is -2.41. The molecule has 2 aliphatic carbocycles. The van der Waals surface area contributed by atoms with Crippen LogP contribution in [0.15, 0.2) is 0 Å². The van der Waals surface area contributed by atoms with Crippen molar-refractivity contribution >= 4 is 12.0 Å². The van der Waals surface area contributed by atoms with Crippen LogP contribution in [0.25, 0.3) is 0 Å². The maximum absolute atomic E-state index is 12.0. The van der Waals surface area contributed by atoms with Gasteiger partial charge in [-0.05, 0) is 37.0 Å². The van der Waals surface area contributed by atoms with E-state index in [1.807, 2.05) is 0 Å². The quantitative estimate of drug-likeness (QED) is 0.680. The fourth-order valence-electron chi connectivity index (χ4n) is 3.13. The molecule has 6 heteroatoms. The van der Waals surface area contributed by atoms with E-state index in [0.717, 1.165) is 32.1 Å². The molecule has 0 aromatic heterocycles. The number of carbonyl (C=O) groups is 2. The number of aliphatic carboxylic acids is 1. The Balaban J connectivity index is 1.72. The van der Waals surface area contributed by atoms with E-state index in [2.05, 4.69) is 5.32 Å². The van der Waals surface area contributed by atoms with E-state index in [1.54, 1.807) is 11.9 Å². The van der Waals surface area contributed by atoms with Crippen LogP contribution >= 0.6 is 0 Å². The van der Waals surface area contributed by atoms with E-state index < -0.39 is 5.97 Å². The molecule has 0 aromatic rings. The Morgan fingerprint density at radius 2 is 2.00 bits per heavy atom. The van der Waals surface area contributed by atoms with Gasteiger partial charge in [0, 0.05) is 20.1 Å². The predicted molar refractivity (Wildman–Crippen MR) is 73.3 cm³/mol. The normalized spacial score (nSPS) is 27.1. The van der Waals surface area contributed by atoms with Gasteiger partial charge in [0.25, 0.3) is 0 Å². The lowest BCUT2D eigenvalue weighted by molar-refractivity contribution is -0.141. The number of carbonyl (C=O) groups excluding carboxylic acids is 1. The van der Waals surface area contributed by atoms with Gasteiger partial charge in [0.05, 0.1) is 12.5 Å². The molecule has 114 valence electrons. The summed E-state index contributed by atoms with van der Waals surface area (Å²) in [7, 11) is 1.74. The molecule has 2 rings (SSSR count). The fourth-order valence-corrected chi connectivity index (χ4v) is 3.13. The van der Waals surface area contributed by atoms with Crippen molar-refractivity contribution in [3.8, 4) is 0 Å². The van der Waals surface area contributed by atoms with Crippen LogP contribution in [-0.4, -0.2) is 53.4 Å². The molecule has 0 unspecified atom stereocenters. The van der Waals surface area contributed by atoms with Gasteiger partial charge in [0.2, 0.25) is 0 Å². The molecule has 0 spiro atoms. The molecule has 2 amide bonds. The Bertz CT molecular complexity index is 375. The van der Waals surface area contributed by atoms with E-state index in [9.17, 15) is 14.7 Å². The summed E-state index contributed by atoms with van der Waals surface area (Å²) in [5.41, 5.74) is -0.241. The van der Waals surface area contributed by atoms with Crippen LogP contribution in [0.2, 0.25) is 0 Å². The van der Waals surface area contributed by atoms with Crippen LogP contribution in [0.3, 0.4) is 0 Å². The summed E-state index contributed by atoms with van der Waals surface area (Å²) >= 11 is 0. The number of hydrogen-bond acceptors (Lipinski definition) is 3. The standard InChI is InChI=1S/C14H24N2O4/c1-16(8-10-5-11(17)6-10)13(20)15-9-14(3-2-4-14)7-12(18)19/h10-11,17H,2-9H2,1H3,(H,15,20)(H,18,19). The van der Waals surface area contributed by atoms with Crippen molar-refractivity contribution in [2.24, 2.45) is 11.3 Å². The predicted octanol–water partition coefficient (Wildman–Crippen LogP) is 1.04. The molecule has 0 heterocycles. The average Bonchev–Trinajstić information content (AvgIpc) is 2.29. The van der Waals surface area contributed by atoms with Crippen molar-refractivity contribution in [2.45, 2.75) is 44.6 Å². The fraction of sp³-hybridized carbons (Fsp3) is 0.857. The number of amides is 2. The molecule has 0 saturated heterocycles. The second kappa shape index (κ2) is 5.99. The van der Waals surface area contributed by atoms with Gasteiger partial charge in [-0.3, -0.25) is 4.79 Å². The molecule has 2 saturated carbocycles. The number of aliphatic hydroxyl groups excluding tert-OH is 1. The number of aliphatic hydroxyl groups is 1. The molecule has 0 radical (unpaired) electrons. The van der Waals surface area contributed by atoms with Gasteiger partial charge < -0.3 is 20.4 Å². The number of carboxylic acids is 1. The van der Waals surface area contributed by atoms with Gasteiger partial charge in [-0.2, -0.15) is 0 Å². The third-order valence-electron chi connectivity index (χ3n) is 4.64. The molecular weight excluding hydrogens is 260 g/mol. The van der Waals surface area contributed by atoms with Crippen LogP contribution in [-0.2, 0) is 4.79 Å². The first kappa shape index (κ1) is 15.1. The molecule has 0 aliphatic heterocycles. The maximum atomic E-state index is 12.0. The van der Waals surface area contributed by atoms with E-state index in [1.165, 1.54) is 0 Å². The first-order chi connectivity index (χ1) is 9.40. The largest absolute Gasteiger partial charge is 0.481 e. The minimum Gasteiger partial charge on any atom is -0.481 e. The van der Waals surface area contributed by atoms with Crippen molar-refractivity contribution in [1.82, 2.24) is 10.2 Å². The monoisotopic (exact) mass is 284 g/mol. The zero-order valence-corrected chi connectivity index (χ0v) is 12.0. The van der Waals surface area contributed by atoms with Crippen molar-refractivity contribution in [2.75, 3.05) is 20.1 Å². The van der Waals surface area contributed by atoms with Crippen molar-refractivity contribution in [3.63, 3.8) is 0 Å². The Labute approximate surface area is 119 Å². The first-order valence-corrected chi connectivity index (χ1v) is 7.29. The Hall–Kier alpha value is -1.30. The number of nitrogens with zero attached hydrogens (tertiary/aromatic N) is 1. The molecule has 2 aliphatic rings. The zero-order valence-electron chi connectivity index (χ0n) is 12.0. The average molecular weight is 284 g/mol. The second-order valence-electron chi connectivity index (χ2n) is 6.45. The third kappa shape index (κ3) is 3.62. The molecule has 0 aromatic carbocycles. The molecule has 2 fully saturated rings. The molecule has 6 nitrogen and oxygen atoms in total. The van der Waals surface area contributed by atoms with Crippen molar-refractivity contribution in [1.29, 1.82) is 0 Å². The van der Waals surface area contributed by atoms with Gasteiger partial charge in [0.15, 0.2) is 0 Å². The Morgan fingerprint density at radius 1 is 1.35 bits per heavy atom. The van der Waals surface area contributed by atoms with Crippen molar-refractivity contribution < 1.29 is 19.8 Å². The Kier molecular flexibility index (Phi) is 4.52. The van der Waals surface area contributed by atoms with Gasteiger partial charge in [-0.25, -0.2) is 4.79 Å². The van der Waals surface area contributed by atoms with E-state index in [0.29, 0.717) is 19.0 Å². The van der Waals surface area contributed by atoms with E-state index >= 15 is 0 Å². The van der Waals surface area contributed by atoms with Crippen LogP contribution in [0.4, 0.5) is 4.79 Å². The van der Waals surface area contributed by atoms with Gasteiger partial charge >= 0.3 is 12.0 Å². The highest BCUT2D eigenvalue weighted by molar-refractivity contribution is 5.74. The van der Waals surface area contributed by atoms with Gasteiger partial charge in [-0.15, -0.1) is 0 Å². The number of nitrogens with one attached hydrogen (secondary N) is 1.